The summed E-state index contributed by atoms with van der Waals surface area (Å²) in [5, 5.41) is 3.00. The minimum Gasteiger partial charge on any atom is -0.340 e. The van der Waals surface area contributed by atoms with Gasteiger partial charge in [-0.25, -0.2) is 0 Å². The second kappa shape index (κ2) is 7.34. The summed E-state index contributed by atoms with van der Waals surface area (Å²) < 4.78 is 0. The van der Waals surface area contributed by atoms with Gasteiger partial charge in [-0.3, -0.25) is 14.5 Å². The molecule has 0 aromatic heterocycles. The molecule has 1 saturated heterocycles. The zero-order valence-corrected chi connectivity index (χ0v) is 15.5. The Kier molecular flexibility index (Phi) is 5.65. The van der Waals surface area contributed by atoms with Gasteiger partial charge in [0.1, 0.15) is 0 Å². The Balaban J connectivity index is 1.84. The summed E-state index contributed by atoms with van der Waals surface area (Å²) >= 11 is 0. The number of rotatable bonds is 3. The Hall–Kier alpha value is -1.88. The normalized spacial score (nSPS) is 16.1. The number of carbonyl (C=O) groups is 2. The zero-order valence-electron chi connectivity index (χ0n) is 15.5. The largest absolute Gasteiger partial charge is 0.340 e. The van der Waals surface area contributed by atoms with E-state index in [0.29, 0.717) is 19.6 Å². The second-order valence-corrected chi connectivity index (χ2v) is 7.61. The molecule has 0 saturated carbocycles. The Labute approximate surface area is 145 Å². The third kappa shape index (κ3) is 4.57. The molecule has 2 rings (SSSR count). The van der Waals surface area contributed by atoms with E-state index in [4.69, 9.17) is 0 Å². The van der Waals surface area contributed by atoms with Crippen LogP contribution in [0.5, 0.6) is 0 Å². The quantitative estimate of drug-likeness (QED) is 0.925. The number of nitrogens with one attached hydrogen (secondary N) is 1. The number of piperazine rings is 1. The molecule has 1 aromatic rings. The molecule has 2 amide bonds. The minimum absolute atomic E-state index is 0.000650. The van der Waals surface area contributed by atoms with Gasteiger partial charge in [-0.1, -0.05) is 32.9 Å². The Bertz CT molecular complexity index is 612. The van der Waals surface area contributed by atoms with E-state index < -0.39 is 0 Å². The summed E-state index contributed by atoms with van der Waals surface area (Å²) in [6.07, 6.45) is 0. The molecule has 0 radical (unpaired) electrons. The first-order valence-electron chi connectivity index (χ1n) is 8.56. The van der Waals surface area contributed by atoms with Gasteiger partial charge in [-0.05, 0) is 31.0 Å². The Morgan fingerprint density at radius 2 is 1.71 bits per heavy atom. The van der Waals surface area contributed by atoms with Crippen LogP contribution < -0.4 is 5.32 Å². The Morgan fingerprint density at radius 1 is 1.08 bits per heavy atom. The molecule has 5 heteroatoms. The number of hydrogen-bond donors (Lipinski definition) is 1. The molecule has 1 heterocycles. The lowest BCUT2D eigenvalue weighted by atomic mass is 9.94. The van der Waals surface area contributed by atoms with Crippen LogP contribution in [0, 0.1) is 19.3 Å². The fourth-order valence-electron chi connectivity index (χ4n) is 2.86. The number of carbonyl (C=O) groups excluding carboxylic acids is 2. The van der Waals surface area contributed by atoms with E-state index in [1.807, 2.05) is 57.7 Å². The fourth-order valence-corrected chi connectivity index (χ4v) is 2.86. The van der Waals surface area contributed by atoms with E-state index in [2.05, 4.69) is 10.2 Å². The topological polar surface area (TPSA) is 52.7 Å². The molecule has 0 bridgehead atoms. The van der Waals surface area contributed by atoms with Crippen LogP contribution in [0.3, 0.4) is 0 Å². The van der Waals surface area contributed by atoms with Crippen molar-refractivity contribution in [2.24, 2.45) is 5.41 Å². The van der Waals surface area contributed by atoms with E-state index >= 15 is 0 Å². The van der Waals surface area contributed by atoms with E-state index in [-0.39, 0.29) is 17.2 Å². The van der Waals surface area contributed by atoms with Crippen molar-refractivity contribution in [1.29, 1.82) is 0 Å². The first kappa shape index (κ1) is 18.5. The van der Waals surface area contributed by atoms with Crippen LogP contribution in [-0.2, 0) is 9.59 Å². The molecular weight excluding hydrogens is 302 g/mol. The van der Waals surface area contributed by atoms with Gasteiger partial charge >= 0.3 is 0 Å². The van der Waals surface area contributed by atoms with Crippen LogP contribution in [0.4, 0.5) is 5.69 Å². The molecule has 0 spiro atoms. The monoisotopic (exact) mass is 331 g/mol. The number of nitrogens with zero attached hydrogens (tertiary/aromatic N) is 2. The number of aryl methyl sites for hydroxylation is 1. The average molecular weight is 331 g/mol. The molecule has 1 aliphatic heterocycles. The maximum Gasteiger partial charge on any atom is 0.238 e. The number of anilines is 1. The Morgan fingerprint density at radius 3 is 2.29 bits per heavy atom. The van der Waals surface area contributed by atoms with Gasteiger partial charge in [0.25, 0.3) is 0 Å². The number of amides is 2. The smallest absolute Gasteiger partial charge is 0.238 e. The first-order chi connectivity index (χ1) is 11.2. The molecule has 132 valence electrons. The molecule has 0 unspecified atom stereocenters. The van der Waals surface area contributed by atoms with E-state index in [1.54, 1.807) is 0 Å². The highest BCUT2D eigenvalue weighted by molar-refractivity contribution is 5.93. The van der Waals surface area contributed by atoms with Gasteiger partial charge in [0.15, 0.2) is 0 Å². The number of hydrogen-bond acceptors (Lipinski definition) is 3. The van der Waals surface area contributed by atoms with Crippen LogP contribution in [0.2, 0.25) is 0 Å². The van der Waals surface area contributed by atoms with Crippen LogP contribution >= 0.6 is 0 Å². The van der Waals surface area contributed by atoms with E-state index in [1.165, 1.54) is 5.56 Å². The predicted molar refractivity (Wildman–Crippen MR) is 97.0 cm³/mol. The standard InChI is InChI=1S/C19H29N3O2/c1-14-7-6-8-16(15(14)2)20-17(23)13-21-9-11-22(12-10-21)18(24)19(3,4)5/h6-8H,9-13H2,1-5H3,(H,20,23). The highest BCUT2D eigenvalue weighted by atomic mass is 16.2. The van der Waals surface area contributed by atoms with Crippen LogP contribution in [0.1, 0.15) is 31.9 Å². The molecular formula is C19H29N3O2. The molecule has 0 atom stereocenters. The van der Waals surface area contributed by atoms with Crippen molar-refractivity contribution in [1.82, 2.24) is 9.80 Å². The fraction of sp³-hybridized carbons (Fsp3) is 0.579. The third-order valence-electron chi connectivity index (χ3n) is 4.55. The molecule has 24 heavy (non-hydrogen) atoms. The van der Waals surface area contributed by atoms with Crippen molar-refractivity contribution in [2.45, 2.75) is 34.6 Å². The lowest BCUT2D eigenvalue weighted by molar-refractivity contribution is -0.141. The van der Waals surface area contributed by atoms with Gasteiger partial charge in [0.05, 0.1) is 6.54 Å². The van der Waals surface area contributed by atoms with Crippen LogP contribution in [0.15, 0.2) is 18.2 Å². The van der Waals surface area contributed by atoms with Crippen molar-refractivity contribution >= 4 is 17.5 Å². The van der Waals surface area contributed by atoms with Gasteiger partial charge < -0.3 is 10.2 Å². The molecule has 0 aliphatic carbocycles. The highest BCUT2D eigenvalue weighted by Crippen LogP contribution is 2.19. The molecule has 5 nitrogen and oxygen atoms in total. The molecule has 1 N–H and O–H groups in total. The first-order valence-corrected chi connectivity index (χ1v) is 8.56. The van der Waals surface area contributed by atoms with Crippen molar-refractivity contribution in [3.8, 4) is 0 Å². The van der Waals surface area contributed by atoms with Gasteiger partial charge in [-0.15, -0.1) is 0 Å². The van der Waals surface area contributed by atoms with Crippen molar-refractivity contribution in [3.63, 3.8) is 0 Å². The minimum atomic E-state index is -0.345. The average Bonchev–Trinajstić information content (AvgIpc) is 2.51. The number of benzene rings is 1. The van der Waals surface area contributed by atoms with E-state index in [9.17, 15) is 9.59 Å². The summed E-state index contributed by atoms with van der Waals surface area (Å²) in [7, 11) is 0. The molecule has 1 aliphatic rings. The summed E-state index contributed by atoms with van der Waals surface area (Å²) in [6, 6.07) is 5.92. The maximum atomic E-state index is 12.3. The van der Waals surface area contributed by atoms with Gasteiger partial charge in [0, 0.05) is 37.3 Å². The highest BCUT2D eigenvalue weighted by Gasteiger charge is 2.30. The van der Waals surface area contributed by atoms with Crippen LogP contribution in [-0.4, -0.2) is 54.3 Å². The van der Waals surface area contributed by atoms with Crippen molar-refractivity contribution in [3.05, 3.63) is 29.3 Å². The molecule has 1 fully saturated rings. The summed E-state index contributed by atoms with van der Waals surface area (Å²) in [5.41, 5.74) is 2.80. The SMILES string of the molecule is Cc1cccc(NC(=O)CN2CCN(C(=O)C(C)(C)C)CC2)c1C. The van der Waals surface area contributed by atoms with E-state index in [0.717, 1.165) is 24.3 Å². The zero-order chi connectivity index (χ0) is 17.9. The summed E-state index contributed by atoms with van der Waals surface area (Å²) in [4.78, 5) is 28.6. The molecule has 1 aromatic carbocycles. The lowest BCUT2D eigenvalue weighted by Crippen LogP contribution is -2.52. The van der Waals surface area contributed by atoms with Crippen molar-refractivity contribution in [2.75, 3.05) is 38.0 Å². The predicted octanol–water partition coefficient (Wildman–Crippen LogP) is 2.43. The van der Waals surface area contributed by atoms with Gasteiger partial charge in [-0.2, -0.15) is 0 Å². The second-order valence-electron chi connectivity index (χ2n) is 7.61. The van der Waals surface area contributed by atoms with Gasteiger partial charge in [0.2, 0.25) is 11.8 Å². The maximum absolute atomic E-state index is 12.3. The third-order valence-corrected chi connectivity index (χ3v) is 4.55. The van der Waals surface area contributed by atoms with Crippen LogP contribution in [0.25, 0.3) is 0 Å². The summed E-state index contributed by atoms with van der Waals surface area (Å²) in [5.74, 6) is 0.182. The summed E-state index contributed by atoms with van der Waals surface area (Å²) in [6.45, 7) is 13.1. The lowest BCUT2D eigenvalue weighted by Gasteiger charge is -2.37. The van der Waals surface area contributed by atoms with Crippen molar-refractivity contribution < 1.29 is 9.59 Å².